The van der Waals surface area contributed by atoms with Gasteiger partial charge in [-0.05, 0) is 0 Å². The number of likely N-dealkylation sites (N-methyl/N-ethyl adjacent to an activating group) is 1. The van der Waals surface area contributed by atoms with E-state index < -0.39 is 11.2 Å². The Kier molecular flexibility index (Phi) is 15.2. The minimum absolute atomic E-state index is 0.0995. The highest BCUT2D eigenvalue weighted by molar-refractivity contribution is 8.00. The Balaban J connectivity index is 0.00000379. The Labute approximate surface area is 176 Å². The van der Waals surface area contributed by atoms with Crippen molar-refractivity contribution in [2.24, 2.45) is 5.73 Å². The Morgan fingerprint density at radius 2 is 1.83 bits per heavy atom. The molecule has 168 valence electrons. The fraction of sp³-hybridized carbons (Fsp3) is 0.778. The van der Waals surface area contributed by atoms with Gasteiger partial charge in [0.05, 0.1) is 38.2 Å². The van der Waals surface area contributed by atoms with Gasteiger partial charge in [0.1, 0.15) is 6.54 Å². The maximum absolute atomic E-state index is 12.3. The molecule has 1 aliphatic rings. The van der Waals surface area contributed by atoms with Gasteiger partial charge in [0.2, 0.25) is 17.7 Å². The second kappa shape index (κ2) is 16.1. The molecule has 1 heterocycles. The number of hydrogen-bond acceptors (Lipinski definition) is 8. The summed E-state index contributed by atoms with van der Waals surface area (Å²) < 4.78 is 10.5. The molecule has 29 heavy (non-hydrogen) atoms. The van der Waals surface area contributed by atoms with Gasteiger partial charge in [-0.3, -0.25) is 24.1 Å². The van der Waals surface area contributed by atoms with Crippen molar-refractivity contribution in [2.45, 2.75) is 31.9 Å². The third-order valence-electron chi connectivity index (χ3n) is 3.73. The molecule has 3 amide bonds. The van der Waals surface area contributed by atoms with Crippen LogP contribution >= 0.6 is 11.8 Å². The van der Waals surface area contributed by atoms with E-state index in [1.165, 1.54) is 23.7 Å². The molecule has 1 aliphatic heterocycles. The molecule has 1 unspecified atom stereocenters. The van der Waals surface area contributed by atoms with Crippen molar-refractivity contribution in [1.82, 2.24) is 9.80 Å². The molecule has 0 aromatic rings. The molecule has 0 saturated carbocycles. The molecule has 1 rings (SSSR count). The van der Waals surface area contributed by atoms with E-state index >= 15 is 0 Å². The Morgan fingerprint density at radius 1 is 1.21 bits per heavy atom. The number of ether oxygens (including phenoxy) is 2. The number of carboxylic acids is 1. The maximum Gasteiger partial charge on any atom is 0.323 e. The molecule has 0 spiro atoms. The van der Waals surface area contributed by atoms with Crippen LogP contribution in [0, 0.1) is 0 Å². The van der Waals surface area contributed by atoms with Crippen LogP contribution < -0.4 is 5.73 Å². The first-order valence-electron chi connectivity index (χ1n) is 9.64. The van der Waals surface area contributed by atoms with Crippen LogP contribution in [0.3, 0.4) is 0 Å². The number of amides is 3. The van der Waals surface area contributed by atoms with E-state index in [4.69, 9.17) is 20.3 Å². The maximum atomic E-state index is 12.3. The predicted molar refractivity (Wildman–Crippen MR) is 110 cm³/mol. The predicted octanol–water partition coefficient (Wildman–Crippen LogP) is -0.202. The number of carbonyl (C=O) groups excluding carboxylic acids is 3. The van der Waals surface area contributed by atoms with Crippen molar-refractivity contribution in [3.63, 3.8) is 0 Å². The molecular formula is C18H33N3O7S. The highest BCUT2D eigenvalue weighted by atomic mass is 32.2. The summed E-state index contributed by atoms with van der Waals surface area (Å²) in [6.07, 6.45) is 0.209. The van der Waals surface area contributed by atoms with Crippen molar-refractivity contribution < 1.29 is 33.8 Å². The van der Waals surface area contributed by atoms with Gasteiger partial charge in [-0.2, -0.15) is 0 Å². The average molecular weight is 436 g/mol. The number of carbonyl (C=O) groups is 4. The van der Waals surface area contributed by atoms with Crippen molar-refractivity contribution in [3.8, 4) is 0 Å². The summed E-state index contributed by atoms with van der Waals surface area (Å²) in [6, 6.07) is 0. The number of thioether (sulfide) groups is 1. The fourth-order valence-electron chi connectivity index (χ4n) is 2.35. The molecule has 3 N–H and O–H groups in total. The normalized spacial score (nSPS) is 15.9. The lowest BCUT2D eigenvalue weighted by molar-refractivity contribution is -0.143. The summed E-state index contributed by atoms with van der Waals surface area (Å²) in [5.41, 5.74) is 5.29. The van der Waals surface area contributed by atoms with Crippen molar-refractivity contribution in [1.29, 1.82) is 0 Å². The summed E-state index contributed by atoms with van der Waals surface area (Å²) in [5, 5.41) is 8.15. The number of hydrogen-bond donors (Lipinski definition) is 2. The largest absolute Gasteiger partial charge is 0.480 e. The van der Waals surface area contributed by atoms with Crippen molar-refractivity contribution in [2.75, 3.05) is 58.9 Å². The van der Waals surface area contributed by atoms with Crippen LogP contribution in [0.5, 0.6) is 0 Å². The molecule has 0 aromatic heterocycles. The standard InChI is InChI=1S/C16H27N3O7S.C2H6/c1-18(11-15(22)23)13(20)2-9-27-12-10-14(21)19(16(12)24)4-6-26-8-7-25-5-3-17;1-2/h12H,2-11,17H2,1H3,(H,22,23);1-2H3. The van der Waals surface area contributed by atoms with E-state index in [0.717, 1.165) is 4.90 Å². The van der Waals surface area contributed by atoms with Crippen molar-refractivity contribution in [3.05, 3.63) is 0 Å². The third-order valence-corrected chi connectivity index (χ3v) is 4.94. The molecule has 0 aliphatic carbocycles. The zero-order valence-corrected chi connectivity index (χ0v) is 18.2. The van der Waals surface area contributed by atoms with E-state index in [2.05, 4.69) is 0 Å². The molecule has 1 atom stereocenters. The quantitative estimate of drug-likeness (QED) is 0.280. The van der Waals surface area contributed by atoms with Gasteiger partial charge < -0.3 is 25.2 Å². The third kappa shape index (κ3) is 11.2. The number of imide groups is 1. The van der Waals surface area contributed by atoms with E-state index in [1.54, 1.807) is 0 Å². The van der Waals surface area contributed by atoms with E-state index in [1.807, 2.05) is 13.8 Å². The number of nitrogens with zero attached hydrogens (tertiary/aromatic N) is 2. The minimum Gasteiger partial charge on any atom is -0.480 e. The van der Waals surface area contributed by atoms with Crippen LogP contribution in [0.4, 0.5) is 0 Å². The lowest BCUT2D eigenvalue weighted by Crippen LogP contribution is -2.34. The smallest absolute Gasteiger partial charge is 0.323 e. The second-order valence-corrected chi connectivity index (χ2v) is 7.16. The van der Waals surface area contributed by atoms with Gasteiger partial charge in [0, 0.05) is 32.2 Å². The van der Waals surface area contributed by atoms with Gasteiger partial charge in [-0.15, -0.1) is 11.8 Å². The summed E-state index contributed by atoms with van der Waals surface area (Å²) in [7, 11) is 1.41. The molecule has 1 saturated heterocycles. The zero-order chi connectivity index (χ0) is 22.2. The van der Waals surface area contributed by atoms with Gasteiger partial charge in [-0.1, -0.05) is 13.8 Å². The first kappa shape index (κ1) is 27.3. The second-order valence-electron chi connectivity index (χ2n) is 5.85. The molecule has 10 nitrogen and oxygen atoms in total. The van der Waals surface area contributed by atoms with Gasteiger partial charge in [0.25, 0.3) is 0 Å². The Hall–Kier alpha value is -1.69. The fourth-order valence-corrected chi connectivity index (χ4v) is 3.46. The van der Waals surface area contributed by atoms with E-state index in [0.29, 0.717) is 32.1 Å². The first-order valence-corrected chi connectivity index (χ1v) is 10.7. The summed E-state index contributed by atoms with van der Waals surface area (Å²) in [5.74, 6) is -1.59. The number of nitrogens with two attached hydrogens (primary N) is 1. The molecule has 0 aromatic carbocycles. The van der Waals surface area contributed by atoms with Crippen LogP contribution in [-0.4, -0.2) is 103 Å². The molecular weight excluding hydrogens is 402 g/mol. The number of carboxylic acid groups (broad SMARTS) is 1. The topological polar surface area (TPSA) is 139 Å². The summed E-state index contributed by atoms with van der Waals surface area (Å²) in [6.45, 7) is 5.72. The number of rotatable bonds is 14. The summed E-state index contributed by atoms with van der Waals surface area (Å²) >= 11 is 1.24. The minimum atomic E-state index is -1.08. The molecule has 0 radical (unpaired) electrons. The number of likely N-dealkylation sites (tertiary alicyclic amines) is 1. The van der Waals surface area contributed by atoms with Crippen LogP contribution in [0.2, 0.25) is 0 Å². The van der Waals surface area contributed by atoms with Crippen LogP contribution in [0.25, 0.3) is 0 Å². The first-order chi connectivity index (χ1) is 13.9. The summed E-state index contributed by atoms with van der Waals surface area (Å²) in [4.78, 5) is 48.9. The van der Waals surface area contributed by atoms with Gasteiger partial charge >= 0.3 is 5.97 Å². The Bertz CT molecular complexity index is 534. The SMILES string of the molecule is CC.CN(CC(=O)O)C(=O)CCSC1CC(=O)N(CCOCCOCCN)C1=O. The zero-order valence-electron chi connectivity index (χ0n) is 17.4. The molecule has 0 bridgehead atoms. The van der Waals surface area contributed by atoms with Gasteiger partial charge in [0.15, 0.2) is 0 Å². The lowest BCUT2D eigenvalue weighted by atomic mass is 10.3. The number of aliphatic carboxylic acids is 1. The van der Waals surface area contributed by atoms with Crippen molar-refractivity contribution >= 4 is 35.5 Å². The molecule has 1 fully saturated rings. The van der Waals surface area contributed by atoms with E-state index in [-0.39, 0.29) is 50.3 Å². The Morgan fingerprint density at radius 3 is 2.41 bits per heavy atom. The monoisotopic (exact) mass is 435 g/mol. The van der Waals surface area contributed by atoms with Crippen LogP contribution in [0.15, 0.2) is 0 Å². The van der Waals surface area contributed by atoms with Crippen LogP contribution in [0.1, 0.15) is 26.7 Å². The average Bonchev–Trinajstić information content (AvgIpc) is 2.95. The lowest BCUT2D eigenvalue weighted by Gasteiger charge is -2.16. The van der Waals surface area contributed by atoms with Gasteiger partial charge in [-0.25, -0.2) is 0 Å². The van der Waals surface area contributed by atoms with E-state index in [9.17, 15) is 19.2 Å². The highest BCUT2D eigenvalue weighted by Crippen LogP contribution is 2.25. The van der Waals surface area contributed by atoms with Crippen LogP contribution in [-0.2, 0) is 28.7 Å². The highest BCUT2D eigenvalue weighted by Gasteiger charge is 2.38. The molecule has 11 heteroatoms.